The molecule has 1 aromatic carbocycles. The normalized spacial score (nSPS) is 14.2. The second kappa shape index (κ2) is 4.94. The minimum absolute atomic E-state index is 0.209. The van der Waals surface area contributed by atoms with Gasteiger partial charge in [-0.2, -0.15) is 0 Å². The molecular weight excluding hydrogens is 262 g/mol. The first kappa shape index (κ1) is 14.0. The molecule has 5 nitrogen and oxygen atoms in total. The van der Waals surface area contributed by atoms with Gasteiger partial charge in [-0.3, -0.25) is 0 Å². The molecule has 1 unspecified atom stereocenters. The third-order valence-corrected chi connectivity index (χ3v) is 4.10. The number of nitrogens with zero attached hydrogens (tertiary/aromatic N) is 1. The van der Waals surface area contributed by atoms with Crippen LogP contribution in [0.4, 0.5) is 0 Å². The number of H-pyrrole nitrogens is 1. The van der Waals surface area contributed by atoms with E-state index in [1.807, 2.05) is 6.07 Å². The zero-order valence-corrected chi connectivity index (χ0v) is 12.2. The molecule has 0 radical (unpaired) electrons. The minimum Gasteiger partial charge on any atom is -0.341 e. The minimum atomic E-state index is -3.29. The molecule has 0 saturated carbocycles. The van der Waals surface area contributed by atoms with Crippen LogP contribution in [0.15, 0.2) is 23.1 Å². The Morgan fingerprint density at radius 2 is 2.05 bits per heavy atom. The van der Waals surface area contributed by atoms with Gasteiger partial charge in [-0.15, -0.1) is 0 Å². The molecule has 19 heavy (non-hydrogen) atoms. The van der Waals surface area contributed by atoms with E-state index in [9.17, 15) is 8.42 Å². The first-order valence-corrected chi connectivity index (χ1v) is 8.12. The van der Waals surface area contributed by atoms with Crippen molar-refractivity contribution >= 4 is 20.9 Å². The molecule has 2 rings (SSSR count). The summed E-state index contributed by atoms with van der Waals surface area (Å²) >= 11 is 0. The number of aromatic amines is 1. The molecular formula is C13H19N3O2S. The number of rotatable bonds is 4. The van der Waals surface area contributed by atoms with E-state index >= 15 is 0 Å². The van der Waals surface area contributed by atoms with E-state index in [0.29, 0.717) is 22.8 Å². The summed E-state index contributed by atoms with van der Waals surface area (Å²) in [6.45, 7) is 4.18. The Morgan fingerprint density at radius 1 is 1.37 bits per heavy atom. The van der Waals surface area contributed by atoms with Crippen LogP contribution in [0.1, 0.15) is 32.1 Å². The topological polar surface area (TPSA) is 88.8 Å². The number of fused-ring (bicyclic) bond motifs is 1. The number of hydrogen-bond donors (Lipinski definition) is 2. The van der Waals surface area contributed by atoms with Crippen LogP contribution in [0, 0.1) is 5.92 Å². The quantitative estimate of drug-likeness (QED) is 0.897. The van der Waals surface area contributed by atoms with Gasteiger partial charge in [0.25, 0.3) is 0 Å². The van der Waals surface area contributed by atoms with Gasteiger partial charge in [-0.25, -0.2) is 13.4 Å². The van der Waals surface area contributed by atoms with Crippen LogP contribution in [0.2, 0.25) is 0 Å². The Kier molecular flexibility index (Phi) is 3.64. The van der Waals surface area contributed by atoms with Crippen molar-refractivity contribution < 1.29 is 8.42 Å². The van der Waals surface area contributed by atoms with Crippen molar-refractivity contribution in [3.8, 4) is 0 Å². The lowest BCUT2D eigenvalue weighted by Gasteiger charge is -2.10. The van der Waals surface area contributed by atoms with Crippen LogP contribution >= 0.6 is 0 Å². The number of nitrogens with two attached hydrogens (primary N) is 1. The van der Waals surface area contributed by atoms with Crippen molar-refractivity contribution in [2.45, 2.75) is 31.2 Å². The summed E-state index contributed by atoms with van der Waals surface area (Å²) in [6, 6.07) is 4.87. The molecule has 1 aromatic heterocycles. The summed E-state index contributed by atoms with van der Waals surface area (Å²) in [7, 11) is -3.29. The monoisotopic (exact) mass is 281 g/mol. The fourth-order valence-corrected chi connectivity index (χ4v) is 2.95. The van der Waals surface area contributed by atoms with Crippen LogP contribution < -0.4 is 5.73 Å². The highest BCUT2D eigenvalue weighted by molar-refractivity contribution is 7.91. The number of aromatic nitrogens is 2. The van der Waals surface area contributed by atoms with Crippen molar-refractivity contribution in [1.82, 2.24) is 9.97 Å². The number of nitrogens with one attached hydrogen (secondary N) is 1. The second-order valence-corrected chi connectivity index (χ2v) is 7.27. The summed E-state index contributed by atoms with van der Waals surface area (Å²) in [5, 5.41) is 0. The first-order valence-electron chi connectivity index (χ1n) is 6.23. The number of benzene rings is 1. The van der Waals surface area contributed by atoms with E-state index in [1.54, 1.807) is 12.1 Å². The van der Waals surface area contributed by atoms with Crippen LogP contribution in [0.3, 0.4) is 0 Å². The second-order valence-electron chi connectivity index (χ2n) is 5.28. The van der Waals surface area contributed by atoms with Crippen LogP contribution in [0.5, 0.6) is 0 Å². The molecule has 1 atom stereocenters. The molecule has 104 valence electrons. The molecule has 0 aliphatic rings. The van der Waals surface area contributed by atoms with Gasteiger partial charge in [0.2, 0.25) is 0 Å². The predicted molar refractivity (Wildman–Crippen MR) is 75.6 cm³/mol. The molecule has 6 heteroatoms. The van der Waals surface area contributed by atoms with E-state index in [1.165, 1.54) is 6.26 Å². The zero-order valence-electron chi connectivity index (χ0n) is 11.3. The molecule has 0 fully saturated rings. The summed E-state index contributed by atoms with van der Waals surface area (Å²) in [4.78, 5) is 7.73. The Balaban J connectivity index is 2.52. The Labute approximate surface area is 113 Å². The number of imidazole rings is 1. The van der Waals surface area contributed by atoms with Gasteiger partial charge in [-0.1, -0.05) is 19.9 Å². The predicted octanol–water partition coefficient (Wildman–Crippen LogP) is 2.01. The average Bonchev–Trinajstić information content (AvgIpc) is 2.69. The van der Waals surface area contributed by atoms with E-state index in [4.69, 9.17) is 5.73 Å². The van der Waals surface area contributed by atoms with Gasteiger partial charge in [0.05, 0.1) is 16.5 Å². The number of hydrogen-bond acceptors (Lipinski definition) is 4. The zero-order chi connectivity index (χ0) is 14.2. The lowest BCUT2D eigenvalue weighted by atomic mass is 10.0. The third-order valence-electron chi connectivity index (χ3n) is 2.97. The highest BCUT2D eigenvalue weighted by atomic mass is 32.2. The van der Waals surface area contributed by atoms with Crippen molar-refractivity contribution in [3.05, 3.63) is 24.0 Å². The van der Waals surface area contributed by atoms with Gasteiger partial charge in [0.1, 0.15) is 11.3 Å². The molecule has 0 bridgehead atoms. The molecule has 3 N–H and O–H groups in total. The van der Waals surface area contributed by atoms with Gasteiger partial charge < -0.3 is 10.7 Å². The third kappa shape index (κ3) is 2.96. The molecule has 2 aromatic rings. The molecule has 1 heterocycles. The van der Waals surface area contributed by atoms with Crippen molar-refractivity contribution in [3.63, 3.8) is 0 Å². The maximum Gasteiger partial charge on any atom is 0.177 e. The molecule has 0 aliphatic carbocycles. The largest absolute Gasteiger partial charge is 0.341 e. The fourth-order valence-electron chi connectivity index (χ4n) is 2.12. The molecule has 0 amide bonds. The van der Waals surface area contributed by atoms with Gasteiger partial charge >= 0.3 is 0 Å². The van der Waals surface area contributed by atoms with Crippen molar-refractivity contribution in [2.24, 2.45) is 11.7 Å². The van der Waals surface area contributed by atoms with Crippen molar-refractivity contribution in [1.29, 1.82) is 0 Å². The summed E-state index contributed by atoms with van der Waals surface area (Å²) in [5.74, 6) is 1.09. The Bertz CT molecular complexity index is 689. The van der Waals surface area contributed by atoms with Gasteiger partial charge in [0.15, 0.2) is 9.84 Å². The van der Waals surface area contributed by atoms with E-state index in [-0.39, 0.29) is 10.9 Å². The van der Waals surface area contributed by atoms with E-state index < -0.39 is 9.84 Å². The smallest absolute Gasteiger partial charge is 0.177 e. The van der Waals surface area contributed by atoms with Gasteiger partial charge in [-0.05, 0) is 24.5 Å². The SMILES string of the molecule is CC(C)CC(N)c1nc2c(S(C)(=O)=O)cccc2[nH]1. The molecule has 0 saturated heterocycles. The maximum atomic E-state index is 11.7. The number of para-hydroxylation sites is 1. The molecule has 0 aliphatic heterocycles. The van der Waals surface area contributed by atoms with E-state index in [0.717, 1.165) is 6.42 Å². The average molecular weight is 281 g/mol. The van der Waals surface area contributed by atoms with Crippen LogP contribution in [-0.2, 0) is 9.84 Å². The van der Waals surface area contributed by atoms with Crippen LogP contribution in [0.25, 0.3) is 11.0 Å². The highest BCUT2D eigenvalue weighted by Gasteiger charge is 2.18. The highest BCUT2D eigenvalue weighted by Crippen LogP contribution is 2.24. The molecule has 0 spiro atoms. The van der Waals surface area contributed by atoms with Crippen LogP contribution in [-0.4, -0.2) is 24.6 Å². The lowest BCUT2D eigenvalue weighted by Crippen LogP contribution is -2.14. The summed E-state index contributed by atoms with van der Waals surface area (Å²) in [5.41, 5.74) is 7.25. The summed E-state index contributed by atoms with van der Waals surface area (Å²) < 4.78 is 23.4. The summed E-state index contributed by atoms with van der Waals surface area (Å²) in [6.07, 6.45) is 1.98. The standard InChI is InChI=1S/C13H19N3O2S/c1-8(2)7-9(14)13-15-10-5-4-6-11(12(10)16-13)19(3,17)18/h4-6,8-9H,7,14H2,1-3H3,(H,15,16). The Morgan fingerprint density at radius 3 is 2.63 bits per heavy atom. The number of sulfone groups is 1. The fraction of sp³-hybridized carbons (Fsp3) is 0.462. The van der Waals surface area contributed by atoms with E-state index in [2.05, 4.69) is 23.8 Å². The lowest BCUT2D eigenvalue weighted by molar-refractivity contribution is 0.496. The van der Waals surface area contributed by atoms with Gasteiger partial charge in [0, 0.05) is 6.26 Å². The Hall–Kier alpha value is -1.40. The first-order chi connectivity index (χ1) is 8.79. The maximum absolute atomic E-state index is 11.7. The van der Waals surface area contributed by atoms with Crippen molar-refractivity contribution in [2.75, 3.05) is 6.26 Å².